The number of allylic oxidation sites excluding steroid dienone is 3. The molecule has 0 amide bonds. The number of ether oxygens (including phenoxy) is 4. The van der Waals surface area contributed by atoms with Gasteiger partial charge < -0.3 is 60.8 Å². The Labute approximate surface area is 297 Å². The highest BCUT2D eigenvalue weighted by atomic mass is 16.6. The molecule has 3 heterocycles. The molecule has 6 rings (SSSR count). The Hall–Kier alpha value is -4.43. The molecular weight excluding hydrogens is 658 g/mol. The molecule has 2 aromatic carbocycles. The Morgan fingerprint density at radius 1 is 1.10 bits per heavy atom. The van der Waals surface area contributed by atoms with Crippen LogP contribution in [0.5, 0.6) is 28.7 Å². The first-order valence-electron chi connectivity index (χ1n) is 17.5. The summed E-state index contributed by atoms with van der Waals surface area (Å²) in [4.78, 5) is 12.8. The fourth-order valence-electron chi connectivity index (χ4n) is 8.32. The summed E-state index contributed by atoms with van der Waals surface area (Å²) in [6.45, 7) is 2.14. The second kappa shape index (κ2) is 15.4. The van der Waals surface area contributed by atoms with Crippen LogP contribution >= 0.6 is 0 Å². The number of aromatic hydroxyl groups is 2. The van der Waals surface area contributed by atoms with Crippen LogP contribution in [0.3, 0.4) is 0 Å². The van der Waals surface area contributed by atoms with Crippen molar-refractivity contribution in [2.24, 2.45) is 23.0 Å². The third-order valence-corrected chi connectivity index (χ3v) is 10.8. The number of hydrogen-bond donors (Lipinski definition) is 8. The van der Waals surface area contributed by atoms with Gasteiger partial charge in [-0.1, -0.05) is 24.3 Å². The molecule has 9 N–H and O–H groups in total. The second-order valence-corrected chi connectivity index (χ2v) is 14.0. The maximum atomic E-state index is 12.8. The number of aliphatic hydroxyl groups is 2. The van der Waals surface area contributed by atoms with Gasteiger partial charge in [-0.3, -0.25) is 4.79 Å². The standard InChI is InChI=1S/C38H49N3O10/c1-21-9-11-38(27(6-7-28(38)37(46)47)23-10-12-40-35(39)16-23)34(41-21)19-49-33-15-24(14-32(48-2)36(33)45)30-18-25(43)17-26(51-30)5-3-22-4-8-29(44)31(13-22)50-20-42/h4,6-8,10,13-16,21,25-28,30,34,40-45H,3,5,9,11-12,17-20,39H2,1-2H3,(H,46,47). The molecule has 2 aromatic rings. The molecule has 13 nitrogen and oxygen atoms in total. The van der Waals surface area contributed by atoms with Crippen molar-refractivity contribution < 1.29 is 49.3 Å². The lowest BCUT2D eigenvalue weighted by Gasteiger charge is -2.50. The summed E-state index contributed by atoms with van der Waals surface area (Å²) in [5.74, 6) is -1.06. The van der Waals surface area contributed by atoms with Crippen LogP contribution in [-0.2, 0) is 16.0 Å². The van der Waals surface area contributed by atoms with E-state index in [1.807, 2.05) is 18.2 Å². The van der Waals surface area contributed by atoms with Crippen molar-refractivity contribution in [3.8, 4) is 28.7 Å². The number of rotatable bonds is 12. The number of hydrogen-bond acceptors (Lipinski definition) is 12. The van der Waals surface area contributed by atoms with Gasteiger partial charge in [0.1, 0.15) is 6.61 Å². The number of piperidine rings is 1. The minimum atomic E-state index is -0.903. The zero-order valence-corrected chi connectivity index (χ0v) is 29.0. The van der Waals surface area contributed by atoms with Crippen molar-refractivity contribution in [3.63, 3.8) is 0 Å². The topological polar surface area (TPSA) is 205 Å². The molecule has 8 unspecified atom stereocenters. The number of benzene rings is 2. The molecule has 0 radical (unpaired) electrons. The van der Waals surface area contributed by atoms with Crippen LogP contribution in [0.1, 0.15) is 56.3 Å². The Bertz CT molecular complexity index is 1680. The van der Waals surface area contributed by atoms with Gasteiger partial charge in [0, 0.05) is 36.4 Å². The van der Waals surface area contributed by atoms with Gasteiger partial charge in [0.15, 0.2) is 29.8 Å². The van der Waals surface area contributed by atoms with Gasteiger partial charge >= 0.3 is 5.97 Å². The smallest absolute Gasteiger partial charge is 0.311 e. The van der Waals surface area contributed by atoms with E-state index in [4.69, 9.17) is 29.8 Å². The minimum absolute atomic E-state index is 0.0663. The summed E-state index contributed by atoms with van der Waals surface area (Å²) in [6, 6.07) is 8.05. The number of carbonyl (C=O) groups is 1. The van der Waals surface area contributed by atoms with Crippen LogP contribution in [0, 0.1) is 17.3 Å². The average molecular weight is 708 g/mol. The number of carboxylic acids is 1. The zero-order valence-electron chi connectivity index (χ0n) is 29.0. The van der Waals surface area contributed by atoms with Crippen molar-refractivity contribution in [1.29, 1.82) is 0 Å². The van der Waals surface area contributed by atoms with Gasteiger partial charge in [0.25, 0.3) is 0 Å². The van der Waals surface area contributed by atoms with Crippen molar-refractivity contribution in [1.82, 2.24) is 10.6 Å². The molecular formula is C38H49N3O10. The molecule has 2 fully saturated rings. The number of aliphatic hydroxyl groups excluding tert-OH is 2. The SMILES string of the molecule is COc1cc(C2CC(O)CC(CCc3ccc(O)c(OCO)c3)O2)cc(OCC2NC(C)CCC23C(C(=O)O)C=CC3C2=CCNC(N)=C2)c1O. The molecule has 4 aliphatic rings. The predicted octanol–water partition coefficient (Wildman–Crippen LogP) is 3.37. The summed E-state index contributed by atoms with van der Waals surface area (Å²) in [5, 5.41) is 58.4. The normalized spacial score (nSPS) is 30.3. The van der Waals surface area contributed by atoms with Crippen LogP contribution in [0.15, 0.2) is 66.0 Å². The van der Waals surface area contributed by atoms with E-state index in [0.717, 1.165) is 17.6 Å². The number of phenolic OH excluding ortho intramolecular Hbond substituents is 2. The van der Waals surface area contributed by atoms with Crippen LogP contribution in [0.25, 0.3) is 0 Å². The number of aryl methyl sites for hydroxylation is 1. The molecule has 8 atom stereocenters. The molecule has 0 bridgehead atoms. The van der Waals surface area contributed by atoms with Crippen LogP contribution in [0.4, 0.5) is 0 Å². The lowest BCUT2D eigenvalue weighted by molar-refractivity contribution is -0.147. The minimum Gasteiger partial charge on any atom is -0.504 e. The van der Waals surface area contributed by atoms with Gasteiger partial charge in [-0.15, -0.1) is 0 Å². The lowest BCUT2D eigenvalue weighted by Crippen LogP contribution is -2.61. The molecule has 51 heavy (non-hydrogen) atoms. The first-order chi connectivity index (χ1) is 24.5. The van der Waals surface area contributed by atoms with Crippen molar-refractivity contribution in [2.45, 2.75) is 75.8 Å². The number of dihydropyridines is 1. The summed E-state index contributed by atoms with van der Waals surface area (Å²) >= 11 is 0. The van der Waals surface area contributed by atoms with E-state index in [-0.39, 0.29) is 53.4 Å². The molecule has 0 aromatic heterocycles. The Morgan fingerprint density at radius 2 is 1.90 bits per heavy atom. The zero-order chi connectivity index (χ0) is 36.3. The highest BCUT2D eigenvalue weighted by Gasteiger charge is 2.57. The van der Waals surface area contributed by atoms with Gasteiger partial charge in [-0.25, -0.2) is 0 Å². The van der Waals surface area contributed by atoms with Gasteiger partial charge in [-0.05, 0) is 86.1 Å². The van der Waals surface area contributed by atoms with Crippen LogP contribution in [0.2, 0.25) is 0 Å². The molecule has 276 valence electrons. The number of nitrogens with one attached hydrogen (secondary N) is 2. The average Bonchev–Trinajstić information content (AvgIpc) is 3.49. The van der Waals surface area contributed by atoms with Crippen LogP contribution in [-0.4, -0.2) is 82.8 Å². The van der Waals surface area contributed by atoms with Gasteiger partial charge in [-0.2, -0.15) is 0 Å². The highest BCUT2D eigenvalue weighted by molar-refractivity contribution is 5.75. The van der Waals surface area contributed by atoms with Gasteiger partial charge in [0.2, 0.25) is 5.75 Å². The van der Waals surface area contributed by atoms with Crippen molar-refractivity contribution in [2.75, 3.05) is 27.1 Å². The maximum absolute atomic E-state index is 12.8. The van der Waals surface area contributed by atoms with Crippen molar-refractivity contribution in [3.05, 3.63) is 77.2 Å². The molecule has 2 saturated heterocycles. The second-order valence-electron chi connectivity index (χ2n) is 14.0. The number of phenols is 2. The molecule has 1 aliphatic carbocycles. The third kappa shape index (κ3) is 7.62. The molecule has 0 saturated carbocycles. The monoisotopic (exact) mass is 707 g/mol. The van der Waals surface area contributed by atoms with E-state index in [0.29, 0.717) is 50.0 Å². The van der Waals surface area contributed by atoms with Crippen molar-refractivity contribution >= 4 is 5.97 Å². The van der Waals surface area contributed by atoms with E-state index >= 15 is 0 Å². The Balaban J connectivity index is 1.22. The third-order valence-electron chi connectivity index (χ3n) is 10.8. The fourth-order valence-corrected chi connectivity index (χ4v) is 8.32. The first-order valence-corrected chi connectivity index (χ1v) is 17.5. The molecule has 3 aliphatic heterocycles. The molecule has 1 spiro atoms. The van der Waals surface area contributed by atoms with Gasteiger partial charge in [0.05, 0.1) is 37.2 Å². The van der Waals surface area contributed by atoms with E-state index in [1.54, 1.807) is 30.3 Å². The number of methoxy groups -OCH3 is 1. The fraction of sp³-hybridized carbons (Fsp3) is 0.500. The quantitative estimate of drug-likeness (QED) is 0.118. The Kier molecular flexibility index (Phi) is 11.0. The largest absolute Gasteiger partial charge is 0.504 e. The van der Waals surface area contributed by atoms with E-state index < -0.39 is 42.3 Å². The lowest BCUT2D eigenvalue weighted by atomic mass is 9.59. The number of carboxylic acid groups (broad SMARTS) is 1. The maximum Gasteiger partial charge on any atom is 0.311 e. The molecule has 13 heteroatoms. The summed E-state index contributed by atoms with van der Waals surface area (Å²) < 4.78 is 23.5. The van der Waals surface area contributed by atoms with E-state index in [9.17, 15) is 25.2 Å². The van der Waals surface area contributed by atoms with Crippen LogP contribution < -0.4 is 30.6 Å². The van der Waals surface area contributed by atoms with E-state index in [2.05, 4.69) is 17.6 Å². The number of nitrogens with two attached hydrogens (primary N) is 1. The summed E-state index contributed by atoms with van der Waals surface area (Å²) in [5.41, 5.74) is 7.90. The summed E-state index contributed by atoms with van der Waals surface area (Å²) in [7, 11) is 1.45. The summed E-state index contributed by atoms with van der Waals surface area (Å²) in [6.07, 6.45) is 9.60. The highest BCUT2D eigenvalue weighted by Crippen LogP contribution is 2.55. The Morgan fingerprint density at radius 3 is 2.65 bits per heavy atom. The number of aliphatic carboxylic acids is 1. The van der Waals surface area contributed by atoms with E-state index in [1.165, 1.54) is 13.2 Å². The predicted molar refractivity (Wildman–Crippen MR) is 187 cm³/mol. The first kappa shape index (κ1) is 36.4.